The first-order valence-electron chi connectivity index (χ1n) is 7.52. The molecular formula is C15H26N4O. The SMILES string of the molecule is CCC1CN(c2ncc(CNC(C)C)c(C)n2)CCO1. The highest BCUT2D eigenvalue weighted by molar-refractivity contribution is 5.33. The molecule has 1 atom stereocenters. The number of hydrogen-bond acceptors (Lipinski definition) is 5. The zero-order chi connectivity index (χ0) is 14.5. The van der Waals surface area contributed by atoms with Crippen molar-refractivity contribution >= 4 is 5.95 Å². The number of hydrogen-bond donors (Lipinski definition) is 1. The maximum Gasteiger partial charge on any atom is 0.225 e. The van der Waals surface area contributed by atoms with Crippen molar-refractivity contribution in [3.05, 3.63) is 17.5 Å². The third-order valence-electron chi connectivity index (χ3n) is 3.65. The van der Waals surface area contributed by atoms with Crippen LogP contribution in [0.3, 0.4) is 0 Å². The van der Waals surface area contributed by atoms with E-state index in [1.54, 1.807) is 0 Å². The molecule has 2 rings (SSSR count). The normalized spacial score (nSPS) is 19.6. The average molecular weight is 278 g/mol. The van der Waals surface area contributed by atoms with Crippen molar-refractivity contribution in [2.45, 2.75) is 52.8 Å². The highest BCUT2D eigenvalue weighted by Gasteiger charge is 2.21. The molecule has 0 aliphatic carbocycles. The zero-order valence-electron chi connectivity index (χ0n) is 13.0. The van der Waals surface area contributed by atoms with Crippen LogP contribution >= 0.6 is 0 Å². The third-order valence-corrected chi connectivity index (χ3v) is 3.65. The Labute approximate surface area is 121 Å². The number of ether oxygens (including phenoxy) is 1. The predicted molar refractivity (Wildman–Crippen MR) is 81.0 cm³/mol. The quantitative estimate of drug-likeness (QED) is 0.891. The molecule has 1 aliphatic rings. The Bertz CT molecular complexity index is 436. The molecule has 1 N–H and O–H groups in total. The molecule has 1 unspecified atom stereocenters. The second kappa shape index (κ2) is 6.99. The van der Waals surface area contributed by atoms with Crippen LogP contribution in [-0.4, -0.2) is 41.8 Å². The lowest BCUT2D eigenvalue weighted by Crippen LogP contribution is -2.43. The van der Waals surface area contributed by atoms with E-state index in [0.29, 0.717) is 12.1 Å². The maximum absolute atomic E-state index is 5.69. The molecule has 0 spiro atoms. The van der Waals surface area contributed by atoms with Gasteiger partial charge in [-0.25, -0.2) is 9.97 Å². The number of anilines is 1. The average Bonchev–Trinajstić information content (AvgIpc) is 2.46. The van der Waals surface area contributed by atoms with E-state index in [9.17, 15) is 0 Å². The Morgan fingerprint density at radius 2 is 2.30 bits per heavy atom. The Balaban J connectivity index is 2.04. The first kappa shape index (κ1) is 15.2. The molecule has 0 amide bonds. The molecule has 1 fully saturated rings. The van der Waals surface area contributed by atoms with Crippen LogP contribution in [0, 0.1) is 6.92 Å². The monoisotopic (exact) mass is 278 g/mol. The van der Waals surface area contributed by atoms with Gasteiger partial charge in [0.2, 0.25) is 5.95 Å². The van der Waals surface area contributed by atoms with Gasteiger partial charge in [0.05, 0.1) is 12.7 Å². The minimum atomic E-state index is 0.301. The summed E-state index contributed by atoms with van der Waals surface area (Å²) < 4.78 is 5.69. The van der Waals surface area contributed by atoms with E-state index in [0.717, 1.165) is 44.3 Å². The topological polar surface area (TPSA) is 50.3 Å². The summed E-state index contributed by atoms with van der Waals surface area (Å²) in [5.41, 5.74) is 2.23. The lowest BCUT2D eigenvalue weighted by Gasteiger charge is -2.32. The first-order chi connectivity index (χ1) is 9.60. The summed E-state index contributed by atoms with van der Waals surface area (Å²) in [6.07, 6.45) is 3.28. The summed E-state index contributed by atoms with van der Waals surface area (Å²) in [5, 5.41) is 3.40. The fourth-order valence-electron chi connectivity index (χ4n) is 2.27. The molecule has 1 aliphatic heterocycles. The number of aromatic nitrogens is 2. The Kier molecular flexibility index (Phi) is 5.31. The van der Waals surface area contributed by atoms with Crippen molar-refractivity contribution < 1.29 is 4.74 Å². The van der Waals surface area contributed by atoms with Crippen molar-refractivity contribution in [3.8, 4) is 0 Å². The fraction of sp³-hybridized carbons (Fsp3) is 0.733. The molecule has 1 aromatic heterocycles. The van der Waals surface area contributed by atoms with Gasteiger partial charge in [0.15, 0.2) is 0 Å². The molecule has 0 aromatic carbocycles. The number of nitrogens with zero attached hydrogens (tertiary/aromatic N) is 3. The van der Waals surface area contributed by atoms with Crippen molar-refractivity contribution in [3.63, 3.8) is 0 Å². The number of morpholine rings is 1. The summed E-state index contributed by atoms with van der Waals surface area (Å²) in [6, 6.07) is 0.471. The zero-order valence-corrected chi connectivity index (χ0v) is 13.0. The van der Waals surface area contributed by atoms with E-state index in [4.69, 9.17) is 4.74 Å². The summed E-state index contributed by atoms with van der Waals surface area (Å²) in [7, 11) is 0. The molecule has 0 radical (unpaired) electrons. The first-order valence-corrected chi connectivity index (χ1v) is 7.52. The van der Waals surface area contributed by atoms with Crippen molar-refractivity contribution in [1.29, 1.82) is 0 Å². The Morgan fingerprint density at radius 3 is 2.95 bits per heavy atom. The highest BCUT2D eigenvalue weighted by Crippen LogP contribution is 2.16. The molecule has 2 heterocycles. The number of aryl methyl sites for hydroxylation is 1. The van der Waals surface area contributed by atoms with Gasteiger partial charge in [-0.2, -0.15) is 0 Å². The van der Waals surface area contributed by atoms with E-state index in [2.05, 4.69) is 47.9 Å². The van der Waals surface area contributed by atoms with Crippen LogP contribution in [-0.2, 0) is 11.3 Å². The van der Waals surface area contributed by atoms with E-state index in [1.807, 2.05) is 6.20 Å². The van der Waals surface area contributed by atoms with E-state index in [1.165, 1.54) is 5.56 Å². The third kappa shape index (κ3) is 3.90. The number of rotatable bonds is 5. The largest absolute Gasteiger partial charge is 0.375 e. The van der Waals surface area contributed by atoms with Gasteiger partial charge in [0, 0.05) is 43.1 Å². The van der Waals surface area contributed by atoms with Crippen LogP contribution in [0.5, 0.6) is 0 Å². The van der Waals surface area contributed by atoms with Crippen LogP contribution in [0.25, 0.3) is 0 Å². The van der Waals surface area contributed by atoms with E-state index < -0.39 is 0 Å². The van der Waals surface area contributed by atoms with E-state index >= 15 is 0 Å². The van der Waals surface area contributed by atoms with E-state index in [-0.39, 0.29) is 0 Å². The van der Waals surface area contributed by atoms with Crippen molar-refractivity contribution in [2.75, 3.05) is 24.6 Å². The summed E-state index contributed by atoms with van der Waals surface area (Å²) >= 11 is 0. The molecule has 20 heavy (non-hydrogen) atoms. The molecule has 1 aromatic rings. The van der Waals surface area contributed by atoms with Gasteiger partial charge in [-0.3, -0.25) is 0 Å². The number of nitrogens with one attached hydrogen (secondary N) is 1. The van der Waals surface area contributed by atoms with Crippen molar-refractivity contribution in [1.82, 2.24) is 15.3 Å². The highest BCUT2D eigenvalue weighted by atomic mass is 16.5. The molecule has 0 saturated carbocycles. The molecule has 112 valence electrons. The predicted octanol–water partition coefficient (Wildman–Crippen LogP) is 1.90. The lowest BCUT2D eigenvalue weighted by molar-refractivity contribution is 0.0378. The molecule has 1 saturated heterocycles. The fourth-order valence-corrected chi connectivity index (χ4v) is 2.27. The van der Waals surface area contributed by atoms with Gasteiger partial charge in [0.1, 0.15) is 0 Å². The van der Waals surface area contributed by atoms with Crippen LogP contribution in [0.1, 0.15) is 38.4 Å². The van der Waals surface area contributed by atoms with Gasteiger partial charge in [-0.15, -0.1) is 0 Å². The molecule has 0 bridgehead atoms. The van der Waals surface area contributed by atoms with Crippen LogP contribution in [0.2, 0.25) is 0 Å². The van der Waals surface area contributed by atoms with Gasteiger partial charge < -0.3 is 15.0 Å². The standard InChI is InChI=1S/C15H26N4O/c1-5-14-10-19(6-7-20-14)15-17-9-13(12(4)18-15)8-16-11(2)3/h9,11,14,16H,5-8,10H2,1-4H3. The van der Waals surface area contributed by atoms with Gasteiger partial charge in [-0.1, -0.05) is 20.8 Å². The molecular weight excluding hydrogens is 252 g/mol. The molecule has 5 heteroatoms. The van der Waals surface area contributed by atoms with Crippen LogP contribution in [0.15, 0.2) is 6.20 Å². The van der Waals surface area contributed by atoms with Crippen LogP contribution < -0.4 is 10.2 Å². The Morgan fingerprint density at radius 1 is 1.50 bits per heavy atom. The van der Waals surface area contributed by atoms with Crippen LogP contribution in [0.4, 0.5) is 5.95 Å². The minimum absolute atomic E-state index is 0.301. The van der Waals surface area contributed by atoms with Gasteiger partial charge in [-0.05, 0) is 13.3 Å². The maximum atomic E-state index is 5.69. The summed E-state index contributed by atoms with van der Waals surface area (Å²) in [4.78, 5) is 11.4. The smallest absolute Gasteiger partial charge is 0.225 e. The Hall–Kier alpha value is -1.20. The molecule has 5 nitrogen and oxygen atoms in total. The van der Waals surface area contributed by atoms with Crippen molar-refractivity contribution in [2.24, 2.45) is 0 Å². The minimum Gasteiger partial charge on any atom is -0.375 e. The van der Waals surface area contributed by atoms with Gasteiger partial charge in [0.25, 0.3) is 0 Å². The van der Waals surface area contributed by atoms with Gasteiger partial charge >= 0.3 is 0 Å². The second-order valence-corrected chi connectivity index (χ2v) is 5.66. The summed E-state index contributed by atoms with van der Waals surface area (Å²) in [6.45, 7) is 11.8. The lowest BCUT2D eigenvalue weighted by atomic mass is 10.2. The summed E-state index contributed by atoms with van der Waals surface area (Å²) in [5.74, 6) is 0.831. The second-order valence-electron chi connectivity index (χ2n) is 5.66.